The van der Waals surface area contributed by atoms with Gasteiger partial charge in [0, 0.05) is 13.1 Å². The van der Waals surface area contributed by atoms with E-state index in [-0.39, 0.29) is 6.03 Å². The second-order valence-electron chi connectivity index (χ2n) is 9.90. The number of halogens is 3. The fraction of sp³-hybridized carbons (Fsp3) is 0.345. The third kappa shape index (κ3) is 5.37. The zero-order chi connectivity index (χ0) is 25.5. The van der Waals surface area contributed by atoms with Crippen molar-refractivity contribution in [1.82, 2.24) is 10.2 Å². The zero-order valence-electron chi connectivity index (χ0n) is 20.8. The van der Waals surface area contributed by atoms with Gasteiger partial charge >= 0.3 is 12.2 Å². The van der Waals surface area contributed by atoms with Crippen LogP contribution in [-0.4, -0.2) is 17.5 Å². The van der Waals surface area contributed by atoms with Crippen LogP contribution in [-0.2, 0) is 12.7 Å². The highest BCUT2D eigenvalue weighted by Crippen LogP contribution is 2.35. The van der Waals surface area contributed by atoms with Crippen LogP contribution in [0.1, 0.15) is 64.8 Å². The summed E-state index contributed by atoms with van der Waals surface area (Å²) in [6, 6.07) is 16.0. The molecule has 0 radical (unpaired) electrons. The van der Waals surface area contributed by atoms with E-state index in [1.54, 1.807) is 17.9 Å². The minimum absolute atomic E-state index is 0.273. The third-order valence-electron chi connectivity index (χ3n) is 6.66. The smallest absolute Gasteiger partial charge is 0.329 e. The topological polar surface area (TPSA) is 32.3 Å². The number of nitrogens with one attached hydrogen (secondary N) is 1. The van der Waals surface area contributed by atoms with Crippen LogP contribution in [0.5, 0.6) is 0 Å². The van der Waals surface area contributed by atoms with Crippen LogP contribution in [0.25, 0.3) is 11.1 Å². The molecule has 1 atom stereocenters. The Morgan fingerprint density at radius 3 is 2.37 bits per heavy atom. The molecule has 6 heteroatoms. The fourth-order valence-electron chi connectivity index (χ4n) is 4.70. The second kappa shape index (κ2) is 9.40. The quantitative estimate of drug-likeness (QED) is 0.399. The first-order chi connectivity index (χ1) is 16.4. The van der Waals surface area contributed by atoms with Crippen molar-refractivity contribution < 1.29 is 18.0 Å². The van der Waals surface area contributed by atoms with E-state index in [0.717, 1.165) is 39.9 Å². The molecule has 1 heterocycles. The minimum atomic E-state index is -4.43. The van der Waals surface area contributed by atoms with Gasteiger partial charge in [-0.3, -0.25) is 0 Å². The van der Waals surface area contributed by atoms with Gasteiger partial charge in [-0.15, -0.1) is 0 Å². The van der Waals surface area contributed by atoms with Crippen LogP contribution < -0.4 is 5.32 Å². The number of hydrogen-bond donors (Lipinski definition) is 1. The Kier molecular flexibility index (Phi) is 6.67. The average molecular weight is 481 g/mol. The monoisotopic (exact) mass is 480 g/mol. The van der Waals surface area contributed by atoms with Crippen molar-refractivity contribution in [3.63, 3.8) is 0 Å². The molecule has 2 amide bonds. The number of carbonyl (C=O) groups excluding carboxylic acids is 1. The van der Waals surface area contributed by atoms with Gasteiger partial charge in [-0.2, -0.15) is 13.2 Å². The Morgan fingerprint density at radius 2 is 1.69 bits per heavy atom. The zero-order valence-corrected chi connectivity index (χ0v) is 20.8. The number of urea groups is 1. The van der Waals surface area contributed by atoms with Crippen molar-refractivity contribution in [3.8, 4) is 11.1 Å². The Balaban J connectivity index is 1.64. The van der Waals surface area contributed by atoms with Crippen molar-refractivity contribution in [2.75, 3.05) is 6.54 Å². The molecule has 184 valence electrons. The van der Waals surface area contributed by atoms with E-state index in [2.05, 4.69) is 62.5 Å². The van der Waals surface area contributed by atoms with Gasteiger partial charge in [0.25, 0.3) is 0 Å². The van der Waals surface area contributed by atoms with E-state index in [9.17, 15) is 18.0 Å². The lowest BCUT2D eigenvalue weighted by molar-refractivity contribution is -0.137. The molecule has 0 aromatic heterocycles. The highest BCUT2D eigenvalue weighted by Gasteiger charge is 2.34. The van der Waals surface area contributed by atoms with Crippen LogP contribution >= 0.6 is 0 Å². The average Bonchev–Trinajstić information content (AvgIpc) is 3.13. The number of nitrogens with zero attached hydrogens (tertiary/aromatic N) is 1. The van der Waals surface area contributed by atoms with Gasteiger partial charge in [-0.1, -0.05) is 67.4 Å². The van der Waals surface area contributed by atoms with Crippen LogP contribution in [0, 0.1) is 20.8 Å². The molecule has 3 aromatic carbocycles. The molecule has 1 saturated heterocycles. The molecule has 0 aliphatic carbocycles. The lowest BCUT2D eigenvalue weighted by Crippen LogP contribution is -2.28. The molecule has 1 N–H and O–H groups in total. The van der Waals surface area contributed by atoms with Gasteiger partial charge in [0.05, 0.1) is 11.6 Å². The molecular weight excluding hydrogens is 449 g/mol. The van der Waals surface area contributed by atoms with E-state index < -0.39 is 17.8 Å². The number of carbonyl (C=O) groups is 1. The minimum Gasteiger partial charge on any atom is -0.329 e. The first kappa shape index (κ1) is 24.8. The van der Waals surface area contributed by atoms with Gasteiger partial charge in [0.15, 0.2) is 0 Å². The van der Waals surface area contributed by atoms with Gasteiger partial charge in [0.1, 0.15) is 0 Å². The normalized spacial score (nSPS) is 16.2. The molecule has 1 aliphatic rings. The van der Waals surface area contributed by atoms with Gasteiger partial charge in [0.2, 0.25) is 0 Å². The molecule has 0 spiro atoms. The predicted molar refractivity (Wildman–Crippen MR) is 133 cm³/mol. The number of rotatable bonds is 5. The molecule has 1 aliphatic heterocycles. The summed E-state index contributed by atoms with van der Waals surface area (Å²) < 4.78 is 40.0. The maximum atomic E-state index is 13.3. The lowest BCUT2D eigenvalue weighted by Gasteiger charge is -2.20. The highest BCUT2D eigenvalue weighted by atomic mass is 19.4. The summed E-state index contributed by atoms with van der Waals surface area (Å²) >= 11 is 0. The first-order valence-electron chi connectivity index (χ1n) is 11.9. The highest BCUT2D eigenvalue weighted by molar-refractivity contribution is 5.78. The summed E-state index contributed by atoms with van der Waals surface area (Å²) in [5, 5.41) is 2.88. The summed E-state index contributed by atoms with van der Waals surface area (Å²) in [4.78, 5) is 14.5. The van der Waals surface area contributed by atoms with Gasteiger partial charge in [-0.05, 0) is 72.2 Å². The van der Waals surface area contributed by atoms with E-state index in [1.165, 1.54) is 5.56 Å². The Morgan fingerprint density at radius 1 is 0.943 bits per heavy atom. The number of benzene rings is 3. The third-order valence-corrected chi connectivity index (χ3v) is 6.66. The molecule has 1 fully saturated rings. The summed E-state index contributed by atoms with van der Waals surface area (Å²) in [7, 11) is 0. The molecule has 0 saturated carbocycles. The summed E-state index contributed by atoms with van der Waals surface area (Å²) in [6.07, 6.45) is -4.43. The van der Waals surface area contributed by atoms with Crippen LogP contribution in [0.3, 0.4) is 0 Å². The van der Waals surface area contributed by atoms with Gasteiger partial charge < -0.3 is 10.2 Å². The lowest BCUT2D eigenvalue weighted by atomic mass is 9.90. The molecule has 3 aromatic rings. The molecule has 1 unspecified atom stereocenters. The van der Waals surface area contributed by atoms with Crippen molar-refractivity contribution in [1.29, 1.82) is 0 Å². The molecule has 3 nitrogen and oxygen atoms in total. The molecule has 0 bridgehead atoms. The van der Waals surface area contributed by atoms with E-state index in [1.807, 2.05) is 6.92 Å². The van der Waals surface area contributed by atoms with E-state index in [4.69, 9.17) is 0 Å². The SMILES string of the molecule is Cc1cc(C2CN(Cc3cc(C)ccc3-c3cc(C(C)C)ccc3C)C(=O)N2)cc(C(F)(F)F)c1. The van der Waals surface area contributed by atoms with Crippen molar-refractivity contribution in [3.05, 3.63) is 93.5 Å². The maximum Gasteiger partial charge on any atom is 0.416 e. The summed E-state index contributed by atoms with van der Waals surface area (Å²) in [5.74, 6) is 0.393. The van der Waals surface area contributed by atoms with E-state index >= 15 is 0 Å². The Hall–Kier alpha value is -3.28. The van der Waals surface area contributed by atoms with Crippen LogP contribution in [0.4, 0.5) is 18.0 Å². The van der Waals surface area contributed by atoms with Crippen LogP contribution in [0.15, 0.2) is 54.6 Å². The number of alkyl halides is 3. The molecule has 35 heavy (non-hydrogen) atoms. The van der Waals surface area contributed by atoms with Crippen molar-refractivity contribution >= 4 is 6.03 Å². The number of hydrogen-bond acceptors (Lipinski definition) is 1. The maximum absolute atomic E-state index is 13.3. The van der Waals surface area contributed by atoms with E-state index in [0.29, 0.717) is 30.1 Å². The summed E-state index contributed by atoms with van der Waals surface area (Å²) in [6.45, 7) is 10.7. The second-order valence-corrected chi connectivity index (χ2v) is 9.90. The van der Waals surface area contributed by atoms with Gasteiger partial charge in [-0.25, -0.2) is 4.79 Å². The predicted octanol–water partition coefficient (Wildman–Crippen LogP) is 7.69. The largest absolute Gasteiger partial charge is 0.416 e. The van der Waals surface area contributed by atoms with Crippen LogP contribution in [0.2, 0.25) is 0 Å². The molecular formula is C29H31F3N2O. The fourth-order valence-corrected chi connectivity index (χ4v) is 4.70. The standard InChI is InChI=1S/C29H31F3N2O/c1-17(2)21-8-7-20(5)26(14-21)25-9-6-18(3)10-23(25)15-34-16-27(33-28(34)35)22-11-19(4)12-24(13-22)29(30,31)32/h6-14,17,27H,15-16H2,1-5H3,(H,33,35). The first-order valence-corrected chi connectivity index (χ1v) is 11.9. The Bertz CT molecular complexity index is 1260. The summed E-state index contributed by atoms with van der Waals surface area (Å²) in [5.41, 5.74) is 7.01. The Labute approximate surface area is 205 Å². The number of amides is 2. The van der Waals surface area contributed by atoms with Crippen molar-refractivity contribution in [2.24, 2.45) is 0 Å². The van der Waals surface area contributed by atoms with Crippen molar-refractivity contribution in [2.45, 2.75) is 59.3 Å². The number of aryl methyl sites for hydroxylation is 3. The molecule has 4 rings (SSSR count).